The van der Waals surface area contributed by atoms with Crippen molar-refractivity contribution in [3.8, 4) is 0 Å². The largest absolute Gasteiger partial charge is 0.468 e. The van der Waals surface area contributed by atoms with Gasteiger partial charge in [-0.15, -0.1) is 0 Å². The number of nitrogens with one attached hydrogen (secondary N) is 1. The minimum Gasteiger partial charge on any atom is -0.468 e. The Morgan fingerprint density at radius 2 is 1.52 bits per heavy atom. The van der Waals surface area contributed by atoms with E-state index in [1.165, 1.54) is 19.1 Å². The van der Waals surface area contributed by atoms with E-state index >= 15 is 0 Å². The molecular weight excluding hydrogens is 633 g/mol. The number of esters is 2. The van der Waals surface area contributed by atoms with Gasteiger partial charge in [-0.3, -0.25) is 4.79 Å². The van der Waals surface area contributed by atoms with Crippen LogP contribution in [-0.2, 0) is 29.2 Å². The number of carbonyl (C=O) groups excluding carboxylic acids is 4. The maximum Gasteiger partial charge on any atom is 0.338 e. The molecule has 11 nitrogen and oxygen atoms in total. The predicted molar refractivity (Wildman–Crippen MR) is 168 cm³/mol. The normalized spacial score (nSPS) is 20.1. The maximum atomic E-state index is 14.4. The minimum absolute atomic E-state index is 0. The van der Waals surface area contributed by atoms with E-state index in [1.807, 2.05) is 30.3 Å². The Bertz CT molecular complexity index is 1530. The molecule has 260 valence electrons. The van der Waals surface area contributed by atoms with Gasteiger partial charge in [0.05, 0.1) is 37.5 Å². The van der Waals surface area contributed by atoms with Gasteiger partial charge in [0, 0.05) is 26.2 Å². The Hall–Kier alpha value is -4.43. The van der Waals surface area contributed by atoms with E-state index in [2.05, 4.69) is 10.2 Å². The number of halogens is 3. The summed E-state index contributed by atoms with van der Waals surface area (Å²) in [6.45, 7) is 1.47. The molecule has 5 rings (SSSR count). The van der Waals surface area contributed by atoms with E-state index in [9.17, 15) is 32.3 Å². The number of piperidine rings is 2. The molecule has 4 amide bonds. The molecule has 2 aromatic rings. The lowest BCUT2D eigenvalue weighted by Crippen LogP contribution is -2.58. The molecule has 1 N–H and O–H groups in total. The molecule has 3 heterocycles. The third-order valence-corrected chi connectivity index (χ3v) is 9.36. The number of carbonyl (C=O) groups is 4. The van der Waals surface area contributed by atoms with Crippen LogP contribution in [0.3, 0.4) is 0 Å². The summed E-state index contributed by atoms with van der Waals surface area (Å²) in [7, 11) is 3.78. The fraction of sp³-hybridized carbons (Fsp3) is 0.471. The van der Waals surface area contributed by atoms with Crippen LogP contribution in [0.5, 0.6) is 0 Å². The number of urea groups is 2. The van der Waals surface area contributed by atoms with Crippen molar-refractivity contribution in [3.05, 3.63) is 82.3 Å². The summed E-state index contributed by atoms with van der Waals surface area (Å²) in [5.41, 5.74) is -0.522. The van der Waals surface area contributed by atoms with E-state index in [4.69, 9.17) is 14.2 Å². The van der Waals surface area contributed by atoms with Crippen LogP contribution in [-0.4, -0.2) is 98.9 Å². The molecule has 0 saturated carbocycles. The molecule has 14 heteroatoms. The van der Waals surface area contributed by atoms with Crippen LogP contribution < -0.4 is 5.32 Å². The number of likely N-dealkylation sites (tertiary alicyclic amines) is 2. The Balaban J connectivity index is 0.00000520. The quantitative estimate of drug-likeness (QED) is 0.333. The van der Waals surface area contributed by atoms with Crippen molar-refractivity contribution in [2.24, 2.45) is 0 Å². The highest BCUT2D eigenvalue weighted by Gasteiger charge is 2.47. The number of hydrogen-bond acceptors (Lipinski definition) is 8. The van der Waals surface area contributed by atoms with Gasteiger partial charge in [0.25, 0.3) is 0 Å². The standard InChI is InChI=1S/C33H37F3N4O7.CH4/c1-45-19-25-26(29(41)46-2)28(20-17-23(34)27(36)24(35)18-20)40(31(43)37-25)32(44)39-13-9-22(10-14-39)38-15-11-33(12-16-38,30(42)47-3)21-7-5-4-6-8-21;/h4-8,17-18,22,28H,9-16,19H2,1-3H3,(H,37,43);1H4. The lowest BCUT2D eigenvalue weighted by Gasteiger charge is -2.46. The van der Waals surface area contributed by atoms with Crippen LogP contribution in [0, 0.1) is 17.5 Å². The molecule has 0 radical (unpaired) electrons. The predicted octanol–water partition coefficient (Wildman–Crippen LogP) is 4.67. The Labute approximate surface area is 277 Å². The van der Waals surface area contributed by atoms with Crippen molar-refractivity contribution in [1.29, 1.82) is 0 Å². The zero-order valence-electron chi connectivity index (χ0n) is 26.4. The summed E-state index contributed by atoms with van der Waals surface area (Å²) in [5, 5.41) is 2.47. The first-order valence-corrected chi connectivity index (χ1v) is 15.3. The lowest BCUT2D eigenvalue weighted by molar-refractivity contribution is -0.150. The van der Waals surface area contributed by atoms with Gasteiger partial charge in [0.15, 0.2) is 17.5 Å². The van der Waals surface area contributed by atoms with Gasteiger partial charge >= 0.3 is 24.0 Å². The van der Waals surface area contributed by atoms with Gasteiger partial charge in [-0.05, 0) is 62.0 Å². The molecule has 2 aromatic carbocycles. The van der Waals surface area contributed by atoms with E-state index in [0.29, 0.717) is 55.8 Å². The third-order valence-electron chi connectivity index (χ3n) is 9.36. The number of hydrogen-bond donors (Lipinski definition) is 1. The molecule has 3 aliphatic rings. The number of imide groups is 1. The molecule has 2 saturated heterocycles. The molecule has 0 bridgehead atoms. The zero-order valence-corrected chi connectivity index (χ0v) is 26.4. The molecule has 3 aliphatic heterocycles. The molecule has 0 aliphatic carbocycles. The number of rotatable bonds is 7. The van der Waals surface area contributed by atoms with E-state index in [1.54, 1.807) is 0 Å². The van der Waals surface area contributed by atoms with Crippen LogP contribution >= 0.6 is 0 Å². The van der Waals surface area contributed by atoms with Crippen molar-refractivity contribution in [1.82, 2.24) is 20.0 Å². The first-order chi connectivity index (χ1) is 22.6. The first kappa shape index (κ1) is 36.4. The smallest absolute Gasteiger partial charge is 0.338 e. The average molecular weight is 675 g/mol. The van der Waals surface area contributed by atoms with Gasteiger partial charge in [-0.2, -0.15) is 0 Å². The second-order valence-electron chi connectivity index (χ2n) is 11.8. The van der Waals surface area contributed by atoms with Crippen molar-refractivity contribution in [2.45, 2.75) is 50.6 Å². The van der Waals surface area contributed by atoms with Crippen LogP contribution in [0.25, 0.3) is 0 Å². The van der Waals surface area contributed by atoms with Gasteiger partial charge in [-0.1, -0.05) is 37.8 Å². The number of methoxy groups -OCH3 is 3. The van der Waals surface area contributed by atoms with Gasteiger partial charge < -0.3 is 29.3 Å². The van der Waals surface area contributed by atoms with E-state index in [-0.39, 0.29) is 56.0 Å². The van der Waals surface area contributed by atoms with Crippen LogP contribution in [0.4, 0.5) is 22.8 Å². The Morgan fingerprint density at radius 1 is 0.917 bits per heavy atom. The van der Waals surface area contributed by atoms with Crippen molar-refractivity contribution >= 4 is 24.0 Å². The summed E-state index contributed by atoms with van der Waals surface area (Å²) in [5.74, 6) is -6.09. The number of benzene rings is 2. The highest BCUT2D eigenvalue weighted by Crippen LogP contribution is 2.39. The molecule has 48 heavy (non-hydrogen) atoms. The number of amides is 4. The van der Waals surface area contributed by atoms with Gasteiger partial charge in [-0.25, -0.2) is 32.5 Å². The summed E-state index contributed by atoms with van der Waals surface area (Å²) >= 11 is 0. The zero-order chi connectivity index (χ0) is 33.9. The highest BCUT2D eigenvalue weighted by atomic mass is 19.2. The number of ether oxygens (including phenoxy) is 3. The lowest BCUT2D eigenvalue weighted by atomic mass is 9.72. The summed E-state index contributed by atoms with van der Waals surface area (Å²) in [6, 6.07) is 7.56. The highest BCUT2D eigenvalue weighted by molar-refractivity contribution is 6.01. The van der Waals surface area contributed by atoms with Crippen molar-refractivity contribution < 1.29 is 46.6 Å². The molecule has 2 fully saturated rings. The first-order valence-electron chi connectivity index (χ1n) is 15.3. The van der Waals surface area contributed by atoms with Crippen LogP contribution in [0.2, 0.25) is 0 Å². The number of nitrogens with zero attached hydrogens (tertiary/aromatic N) is 3. The second kappa shape index (κ2) is 15.2. The van der Waals surface area contributed by atoms with Gasteiger partial charge in [0.2, 0.25) is 0 Å². The monoisotopic (exact) mass is 674 g/mol. The van der Waals surface area contributed by atoms with Crippen LogP contribution in [0.15, 0.2) is 53.7 Å². The topological polar surface area (TPSA) is 118 Å². The van der Waals surface area contributed by atoms with E-state index in [0.717, 1.165) is 12.7 Å². The molecule has 1 atom stereocenters. The fourth-order valence-electron chi connectivity index (χ4n) is 6.93. The van der Waals surface area contributed by atoms with Crippen LogP contribution in [0.1, 0.15) is 50.3 Å². The Morgan fingerprint density at radius 3 is 2.06 bits per heavy atom. The molecular formula is C34H41F3N4O7. The maximum absolute atomic E-state index is 14.4. The van der Waals surface area contributed by atoms with Gasteiger partial charge in [0.1, 0.15) is 6.04 Å². The molecule has 0 aromatic heterocycles. The summed E-state index contributed by atoms with van der Waals surface area (Å²) in [4.78, 5) is 57.8. The van der Waals surface area contributed by atoms with E-state index < -0.39 is 46.9 Å². The fourth-order valence-corrected chi connectivity index (χ4v) is 6.93. The SMILES string of the molecule is C.COCC1=C(C(=O)OC)C(c2cc(F)c(F)c(F)c2)N(C(=O)N2CCC(N3CCC(C(=O)OC)(c4ccccc4)CC3)CC2)C(=O)N1. The van der Waals surface area contributed by atoms with Crippen molar-refractivity contribution in [2.75, 3.05) is 54.1 Å². The minimum atomic E-state index is -1.74. The summed E-state index contributed by atoms with van der Waals surface area (Å²) in [6.07, 6.45) is 2.24. The molecule has 0 spiro atoms. The average Bonchev–Trinajstić information content (AvgIpc) is 3.09. The summed E-state index contributed by atoms with van der Waals surface area (Å²) < 4.78 is 58.0. The Kier molecular flexibility index (Phi) is 11.5. The third kappa shape index (κ3) is 6.76. The van der Waals surface area contributed by atoms with Crippen molar-refractivity contribution in [3.63, 3.8) is 0 Å². The molecule has 1 unspecified atom stereocenters. The second-order valence-corrected chi connectivity index (χ2v) is 11.8.